The van der Waals surface area contributed by atoms with Gasteiger partial charge >= 0.3 is 0 Å². The van der Waals surface area contributed by atoms with Crippen LogP contribution in [-0.2, 0) is 16.1 Å². The third kappa shape index (κ3) is 4.77. The Kier molecular flexibility index (Phi) is 6.49. The molecule has 1 unspecified atom stereocenters. The third-order valence-electron chi connectivity index (χ3n) is 5.38. The van der Waals surface area contributed by atoms with E-state index in [1.54, 1.807) is 73.3 Å². The second kappa shape index (κ2) is 9.65. The number of aromatic nitrogens is 2. The lowest BCUT2D eigenvalue weighted by Gasteiger charge is -2.25. The molecule has 1 aromatic carbocycles. The van der Waals surface area contributed by atoms with Gasteiger partial charge in [-0.05, 0) is 65.6 Å². The molecule has 33 heavy (non-hydrogen) atoms. The Bertz CT molecular complexity index is 1160. The molecule has 0 bridgehead atoms. The molecule has 1 aliphatic heterocycles. The number of ketones is 1. The number of aliphatic hydroxyl groups excluding tert-OH is 1. The molecule has 0 saturated carbocycles. The average Bonchev–Trinajstić information content (AvgIpc) is 3.09. The van der Waals surface area contributed by atoms with Gasteiger partial charge in [0, 0.05) is 36.9 Å². The molecule has 2 aromatic heterocycles. The predicted octanol–water partition coefficient (Wildman–Crippen LogP) is 4.13. The Morgan fingerprint density at radius 1 is 0.970 bits per heavy atom. The van der Waals surface area contributed by atoms with Crippen LogP contribution < -0.4 is 4.74 Å². The minimum Gasteiger partial charge on any atom is -0.507 e. The van der Waals surface area contributed by atoms with Gasteiger partial charge in [-0.25, -0.2) is 0 Å². The van der Waals surface area contributed by atoms with Crippen molar-refractivity contribution in [1.82, 2.24) is 14.9 Å². The van der Waals surface area contributed by atoms with Gasteiger partial charge in [0.1, 0.15) is 11.5 Å². The van der Waals surface area contributed by atoms with E-state index in [1.165, 1.54) is 4.90 Å². The average molecular weight is 444 g/mol. The van der Waals surface area contributed by atoms with E-state index in [0.717, 1.165) is 5.56 Å². The van der Waals surface area contributed by atoms with Crippen LogP contribution in [0.3, 0.4) is 0 Å². The quantitative estimate of drug-likeness (QED) is 0.335. The number of pyridine rings is 2. The van der Waals surface area contributed by atoms with E-state index in [9.17, 15) is 14.7 Å². The number of benzene rings is 1. The third-order valence-corrected chi connectivity index (χ3v) is 5.38. The molecule has 1 fully saturated rings. The maximum absolute atomic E-state index is 13.1. The van der Waals surface area contributed by atoms with Gasteiger partial charge in [-0.15, -0.1) is 0 Å². The molecular weight excluding hydrogens is 418 g/mol. The Balaban J connectivity index is 1.74. The number of carbonyl (C=O) groups is 2. The van der Waals surface area contributed by atoms with Gasteiger partial charge in [-0.2, -0.15) is 0 Å². The van der Waals surface area contributed by atoms with E-state index in [2.05, 4.69) is 23.8 Å². The second-order valence-corrected chi connectivity index (χ2v) is 8.29. The van der Waals surface area contributed by atoms with Crippen molar-refractivity contribution >= 4 is 17.4 Å². The van der Waals surface area contributed by atoms with Crippen LogP contribution in [0.1, 0.15) is 36.6 Å². The van der Waals surface area contributed by atoms with Crippen LogP contribution >= 0.6 is 0 Å². The molecule has 1 N–H and O–H groups in total. The smallest absolute Gasteiger partial charge is 0.295 e. The van der Waals surface area contributed by atoms with Crippen molar-refractivity contribution in [2.24, 2.45) is 5.92 Å². The molecule has 3 heterocycles. The van der Waals surface area contributed by atoms with Crippen LogP contribution in [0.25, 0.3) is 5.76 Å². The summed E-state index contributed by atoms with van der Waals surface area (Å²) in [5.74, 6) is -0.544. The van der Waals surface area contributed by atoms with E-state index in [4.69, 9.17) is 4.74 Å². The van der Waals surface area contributed by atoms with Crippen molar-refractivity contribution in [1.29, 1.82) is 0 Å². The number of carbonyl (C=O) groups excluding carboxylic acids is 2. The van der Waals surface area contributed by atoms with Crippen molar-refractivity contribution in [3.8, 4) is 5.75 Å². The first-order valence-corrected chi connectivity index (χ1v) is 10.8. The monoisotopic (exact) mass is 443 g/mol. The van der Waals surface area contributed by atoms with Gasteiger partial charge in [0.05, 0.1) is 18.2 Å². The molecule has 1 atom stereocenters. The maximum Gasteiger partial charge on any atom is 0.295 e. The number of likely N-dealkylation sites (tertiary alicyclic amines) is 1. The van der Waals surface area contributed by atoms with Gasteiger partial charge in [0.15, 0.2) is 0 Å². The lowest BCUT2D eigenvalue weighted by atomic mass is 9.96. The number of Topliss-reactive ketones (excluding diaryl/α,β-unsaturated/α-hetero) is 1. The zero-order chi connectivity index (χ0) is 23.4. The SMILES string of the molecule is CC(C)COc1ccc(/C(O)=C2\C(=O)C(=O)N(Cc3ccncc3)C2c2ccncc2)cc1. The lowest BCUT2D eigenvalue weighted by Crippen LogP contribution is -2.29. The first-order chi connectivity index (χ1) is 16.0. The van der Waals surface area contributed by atoms with Gasteiger partial charge in [-0.1, -0.05) is 13.8 Å². The Hall–Kier alpha value is -4.00. The summed E-state index contributed by atoms with van der Waals surface area (Å²) in [6.07, 6.45) is 6.47. The molecular formula is C26H25N3O4. The number of hydrogen-bond donors (Lipinski definition) is 1. The van der Waals surface area contributed by atoms with Crippen molar-refractivity contribution in [2.45, 2.75) is 26.4 Å². The van der Waals surface area contributed by atoms with Crippen LogP contribution in [0.4, 0.5) is 0 Å². The summed E-state index contributed by atoms with van der Waals surface area (Å²) >= 11 is 0. The number of amides is 1. The zero-order valence-corrected chi connectivity index (χ0v) is 18.5. The van der Waals surface area contributed by atoms with E-state index in [0.29, 0.717) is 29.4 Å². The molecule has 168 valence electrons. The minimum atomic E-state index is -0.738. The minimum absolute atomic E-state index is 0.0519. The highest BCUT2D eigenvalue weighted by atomic mass is 16.5. The van der Waals surface area contributed by atoms with Crippen molar-refractivity contribution < 1.29 is 19.4 Å². The van der Waals surface area contributed by atoms with E-state index >= 15 is 0 Å². The molecule has 1 amide bonds. The van der Waals surface area contributed by atoms with Crippen molar-refractivity contribution in [2.75, 3.05) is 6.61 Å². The summed E-state index contributed by atoms with van der Waals surface area (Å²) < 4.78 is 5.70. The summed E-state index contributed by atoms with van der Waals surface area (Å²) in [6.45, 7) is 4.90. The van der Waals surface area contributed by atoms with Crippen LogP contribution in [0.15, 0.2) is 78.9 Å². The van der Waals surface area contributed by atoms with Crippen LogP contribution in [0.5, 0.6) is 5.75 Å². The Morgan fingerprint density at radius 3 is 2.18 bits per heavy atom. The highest BCUT2D eigenvalue weighted by Gasteiger charge is 2.46. The van der Waals surface area contributed by atoms with Gasteiger partial charge in [-0.3, -0.25) is 19.6 Å². The molecule has 7 nitrogen and oxygen atoms in total. The molecule has 3 aromatic rings. The van der Waals surface area contributed by atoms with E-state index in [1.807, 2.05) is 0 Å². The number of hydrogen-bond acceptors (Lipinski definition) is 6. The predicted molar refractivity (Wildman–Crippen MR) is 123 cm³/mol. The number of rotatable bonds is 7. The van der Waals surface area contributed by atoms with E-state index in [-0.39, 0.29) is 17.9 Å². The summed E-state index contributed by atoms with van der Waals surface area (Å²) in [7, 11) is 0. The molecule has 1 saturated heterocycles. The largest absolute Gasteiger partial charge is 0.507 e. The molecule has 1 aliphatic rings. The summed E-state index contributed by atoms with van der Waals surface area (Å²) in [5.41, 5.74) is 2.01. The highest BCUT2D eigenvalue weighted by Crippen LogP contribution is 2.40. The fourth-order valence-corrected chi connectivity index (χ4v) is 3.75. The van der Waals surface area contributed by atoms with Crippen LogP contribution in [0, 0.1) is 5.92 Å². The number of nitrogens with zero attached hydrogens (tertiary/aromatic N) is 3. The Morgan fingerprint density at radius 2 is 1.58 bits per heavy atom. The van der Waals surface area contributed by atoms with E-state index < -0.39 is 17.7 Å². The van der Waals surface area contributed by atoms with Crippen molar-refractivity contribution in [3.63, 3.8) is 0 Å². The van der Waals surface area contributed by atoms with Gasteiger partial charge < -0.3 is 14.7 Å². The normalized spacial score (nSPS) is 17.5. The first-order valence-electron chi connectivity index (χ1n) is 10.8. The second-order valence-electron chi connectivity index (χ2n) is 8.29. The van der Waals surface area contributed by atoms with Gasteiger partial charge in [0.25, 0.3) is 11.7 Å². The number of aliphatic hydroxyl groups is 1. The van der Waals surface area contributed by atoms with Crippen LogP contribution in [0.2, 0.25) is 0 Å². The first kappa shape index (κ1) is 22.2. The fraction of sp³-hybridized carbons (Fsp3) is 0.231. The van der Waals surface area contributed by atoms with Crippen LogP contribution in [-0.4, -0.2) is 38.3 Å². The molecule has 0 radical (unpaired) electrons. The zero-order valence-electron chi connectivity index (χ0n) is 18.5. The molecule has 0 spiro atoms. The van der Waals surface area contributed by atoms with Crippen molar-refractivity contribution in [3.05, 3.63) is 95.6 Å². The topological polar surface area (TPSA) is 92.6 Å². The van der Waals surface area contributed by atoms with Gasteiger partial charge in [0.2, 0.25) is 0 Å². The molecule has 7 heteroatoms. The summed E-state index contributed by atoms with van der Waals surface area (Å²) in [4.78, 5) is 35.6. The Labute approximate surface area is 192 Å². The standard InChI is InChI=1S/C26H25N3O4/c1-17(2)16-33-21-5-3-20(4-6-21)24(30)22-23(19-9-13-28-14-10-19)29(26(32)25(22)31)15-18-7-11-27-12-8-18/h3-14,17,23,30H,15-16H2,1-2H3/b24-22+. The molecule has 0 aliphatic carbocycles. The highest BCUT2D eigenvalue weighted by molar-refractivity contribution is 6.46. The lowest BCUT2D eigenvalue weighted by molar-refractivity contribution is -0.140. The fourth-order valence-electron chi connectivity index (χ4n) is 3.75. The maximum atomic E-state index is 13.1. The molecule has 4 rings (SSSR count). The number of ether oxygens (including phenoxy) is 1. The summed E-state index contributed by atoms with van der Waals surface area (Å²) in [6, 6.07) is 13.2. The summed E-state index contributed by atoms with van der Waals surface area (Å²) in [5, 5.41) is 11.1.